The number of hydrogen-bond donors (Lipinski definition) is 5. The monoisotopic (exact) mass is 244 g/mol. The van der Waals surface area contributed by atoms with Crippen LogP contribution in [0.5, 0.6) is 5.75 Å². The SMILES string of the molecule is Cc1cc(Nc2ccc(N)cc2)c(N)c(N)c1O. The van der Waals surface area contributed by atoms with E-state index in [1.165, 1.54) is 0 Å². The van der Waals surface area contributed by atoms with Crippen molar-refractivity contribution in [3.05, 3.63) is 35.9 Å². The van der Waals surface area contributed by atoms with Crippen molar-refractivity contribution in [3.63, 3.8) is 0 Å². The third-order valence-corrected chi connectivity index (χ3v) is 2.76. The first-order valence-corrected chi connectivity index (χ1v) is 5.49. The average Bonchev–Trinajstić information content (AvgIpc) is 2.36. The van der Waals surface area contributed by atoms with Crippen molar-refractivity contribution in [2.75, 3.05) is 22.5 Å². The molecule has 0 bridgehead atoms. The minimum Gasteiger partial charge on any atom is -0.505 e. The molecule has 0 aliphatic rings. The normalized spacial score (nSPS) is 10.3. The van der Waals surface area contributed by atoms with E-state index < -0.39 is 0 Å². The van der Waals surface area contributed by atoms with E-state index in [0.717, 1.165) is 5.69 Å². The van der Waals surface area contributed by atoms with E-state index in [9.17, 15) is 5.11 Å². The lowest BCUT2D eigenvalue weighted by Crippen LogP contribution is -2.02. The van der Waals surface area contributed by atoms with Gasteiger partial charge in [-0.15, -0.1) is 0 Å². The number of nitrogens with one attached hydrogen (secondary N) is 1. The quantitative estimate of drug-likeness (QED) is 0.316. The van der Waals surface area contributed by atoms with Crippen molar-refractivity contribution in [2.24, 2.45) is 0 Å². The van der Waals surface area contributed by atoms with E-state index >= 15 is 0 Å². The van der Waals surface area contributed by atoms with Gasteiger partial charge in [0.2, 0.25) is 0 Å². The zero-order valence-electron chi connectivity index (χ0n) is 10.1. The van der Waals surface area contributed by atoms with Crippen molar-refractivity contribution in [1.82, 2.24) is 0 Å². The van der Waals surface area contributed by atoms with E-state index in [2.05, 4.69) is 5.32 Å². The van der Waals surface area contributed by atoms with E-state index in [4.69, 9.17) is 17.2 Å². The highest BCUT2D eigenvalue weighted by Gasteiger charge is 2.10. The lowest BCUT2D eigenvalue weighted by molar-refractivity contribution is 0.474. The molecule has 94 valence electrons. The summed E-state index contributed by atoms with van der Waals surface area (Å²) in [6.45, 7) is 1.76. The summed E-state index contributed by atoms with van der Waals surface area (Å²) in [5.74, 6) is 0.0235. The Balaban J connectivity index is 2.38. The van der Waals surface area contributed by atoms with Crippen LogP contribution in [-0.2, 0) is 0 Å². The molecule has 0 atom stereocenters. The van der Waals surface area contributed by atoms with Gasteiger partial charge in [0.05, 0.1) is 17.1 Å². The predicted octanol–water partition coefficient (Wildman–Crippen LogP) is 2.19. The number of hydrogen-bond acceptors (Lipinski definition) is 5. The summed E-state index contributed by atoms with van der Waals surface area (Å²) in [5.41, 5.74) is 20.6. The van der Waals surface area contributed by atoms with Crippen LogP contribution in [0, 0.1) is 6.92 Å². The highest BCUT2D eigenvalue weighted by molar-refractivity contribution is 5.86. The standard InChI is InChI=1S/C13H16N4O/c1-7-6-10(11(15)12(16)13(7)18)17-9-4-2-8(14)3-5-9/h2-6,17-18H,14-16H2,1H3. The van der Waals surface area contributed by atoms with E-state index in [1.54, 1.807) is 25.1 Å². The second-order valence-electron chi connectivity index (χ2n) is 4.16. The van der Waals surface area contributed by atoms with Crippen LogP contribution in [0.1, 0.15) is 5.56 Å². The first-order valence-electron chi connectivity index (χ1n) is 5.49. The van der Waals surface area contributed by atoms with Crippen LogP contribution in [0.15, 0.2) is 30.3 Å². The van der Waals surface area contributed by atoms with Gasteiger partial charge in [0, 0.05) is 11.4 Å². The van der Waals surface area contributed by atoms with Gasteiger partial charge in [-0.25, -0.2) is 0 Å². The summed E-state index contributed by atoms with van der Waals surface area (Å²) in [6.07, 6.45) is 0. The lowest BCUT2D eigenvalue weighted by atomic mass is 10.1. The zero-order valence-corrected chi connectivity index (χ0v) is 10.1. The molecule has 0 heterocycles. The number of anilines is 5. The molecule has 0 aliphatic carbocycles. The minimum absolute atomic E-state index is 0.0235. The average molecular weight is 244 g/mol. The van der Waals surface area contributed by atoms with Gasteiger partial charge in [0.25, 0.3) is 0 Å². The Labute approximate surface area is 105 Å². The molecular weight excluding hydrogens is 228 g/mol. The van der Waals surface area contributed by atoms with Gasteiger partial charge in [-0.2, -0.15) is 0 Å². The molecule has 5 heteroatoms. The smallest absolute Gasteiger partial charge is 0.143 e. The van der Waals surface area contributed by atoms with Crippen LogP contribution >= 0.6 is 0 Å². The van der Waals surface area contributed by atoms with Gasteiger partial charge in [0.15, 0.2) is 0 Å². The number of aromatic hydroxyl groups is 1. The number of benzene rings is 2. The lowest BCUT2D eigenvalue weighted by Gasteiger charge is -2.14. The minimum atomic E-state index is 0.0235. The maximum absolute atomic E-state index is 9.66. The molecular formula is C13H16N4O. The maximum atomic E-state index is 9.66. The zero-order chi connectivity index (χ0) is 13.3. The van der Waals surface area contributed by atoms with E-state index in [0.29, 0.717) is 22.6 Å². The van der Waals surface area contributed by atoms with Crippen molar-refractivity contribution in [1.29, 1.82) is 0 Å². The third-order valence-electron chi connectivity index (χ3n) is 2.76. The molecule has 2 rings (SSSR count). The molecule has 0 amide bonds. The largest absolute Gasteiger partial charge is 0.505 e. The molecule has 2 aromatic carbocycles. The van der Waals surface area contributed by atoms with E-state index in [1.807, 2.05) is 12.1 Å². The Hall–Kier alpha value is -2.56. The fraction of sp³-hybridized carbons (Fsp3) is 0.0769. The molecule has 0 saturated carbocycles. The Kier molecular flexibility index (Phi) is 2.89. The number of aryl methyl sites for hydroxylation is 1. The summed E-state index contributed by atoms with van der Waals surface area (Å²) in [7, 11) is 0. The molecule has 2 aromatic rings. The Morgan fingerprint density at radius 1 is 1.00 bits per heavy atom. The third kappa shape index (κ3) is 2.10. The maximum Gasteiger partial charge on any atom is 0.143 e. The summed E-state index contributed by atoms with van der Waals surface area (Å²) >= 11 is 0. The van der Waals surface area contributed by atoms with Gasteiger partial charge in [-0.1, -0.05) is 0 Å². The fourth-order valence-corrected chi connectivity index (χ4v) is 1.67. The number of phenolic OH excluding ortho intramolecular Hbond substituents is 1. The van der Waals surface area contributed by atoms with Crippen molar-refractivity contribution < 1.29 is 5.11 Å². The fourth-order valence-electron chi connectivity index (χ4n) is 1.67. The molecule has 8 N–H and O–H groups in total. The summed E-state index contributed by atoms with van der Waals surface area (Å²) in [6, 6.07) is 9.00. The van der Waals surface area contributed by atoms with Crippen LogP contribution in [0.25, 0.3) is 0 Å². The molecule has 5 nitrogen and oxygen atoms in total. The molecule has 0 saturated heterocycles. The summed E-state index contributed by atoms with van der Waals surface area (Å²) in [5, 5.41) is 12.8. The highest BCUT2D eigenvalue weighted by atomic mass is 16.3. The second kappa shape index (κ2) is 4.37. The van der Waals surface area contributed by atoms with Crippen molar-refractivity contribution in [2.45, 2.75) is 6.92 Å². The predicted molar refractivity (Wildman–Crippen MR) is 75.8 cm³/mol. The van der Waals surface area contributed by atoms with Crippen molar-refractivity contribution in [3.8, 4) is 5.75 Å². The number of rotatable bonds is 2. The van der Waals surface area contributed by atoms with Crippen LogP contribution in [0.3, 0.4) is 0 Å². The topological polar surface area (TPSA) is 110 Å². The van der Waals surface area contributed by atoms with Crippen LogP contribution in [-0.4, -0.2) is 5.11 Å². The summed E-state index contributed by atoms with van der Waals surface area (Å²) < 4.78 is 0. The van der Waals surface area contributed by atoms with Crippen molar-refractivity contribution >= 4 is 28.4 Å². The molecule has 0 aliphatic heterocycles. The Morgan fingerprint density at radius 3 is 2.22 bits per heavy atom. The van der Waals surface area contributed by atoms with Crippen LogP contribution in [0.2, 0.25) is 0 Å². The molecule has 0 fully saturated rings. The van der Waals surface area contributed by atoms with Gasteiger partial charge in [0.1, 0.15) is 5.75 Å². The van der Waals surface area contributed by atoms with Gasteiger partial charge in [-0.3, -0.25) is 0 Å². The molecule has 0 aromatic heterocycles. The van der Waals surface area contributed by atoms with Crippen LogP contribution in [0.4, 0.5) is 28.4 Å². The highest BCUT2D eigenvalue weighted by Crippen LogP contribution is 2.37. The van der Waals surface area contributed by atoms with Gasteiger partial charge >= 0.3 is 0 Å². The second-order valence-corrected chi connectivity index (χ2v) is 4.16. The first kappa shape index (κ1) is 11.9. The van der Waals surface area contributed by atoms with E-state index in [-0.39, 0.29) is 11.4 Å². The summed E-state index contributed by atoms with van der Waals surface area (Å²) in [4.78, 5) is 0. The number of nitrogen functional groups attached to an aromatic ring is 3. The molecule has 0 unspecified atom stereocenters. The number of phenols is 1. The first-order chi connectivity index (χ1) is 8.49. The molecule has 0 spiro atoms. The Bertz CT molecular complexity index is 579. The van der Waals surface area contributed by atoms with Gasteiger partial charge < -0.3 is 27.6 Å². The molecule has 0 radical (unpaired) electrons. The van der Waals surface area contributed by atoms with Crippen LogP contribution < -0.4 is 22.5 Å². The number of nitrogens with two attached hydrogens (primary N) is 3. The molecule has 18 heavy (non-hydrogen) atoms. The Morgan fingerprint density at radius 2 is 1.61 bits per heavy atom. The van der Waals surface area contributed by atoms with Gasteiger partial charge in [-0.05, 0) is 42.8 Å².